The van der Waals surface area contributed by atoms with Gasteiger partial charge < -0.3 is 20.4 Å². The first-order valence-electron chi connectivity index (χ1n) is 6.78. The summed E-state index contributed by atoms with van der Waals surface area (Å²) in [5.41, 5.74) is -2.14. The van der Waals surface area contributed by atoms with Crippen molar-refractivity contribution in [2.75, 3.05) is 27.2 Å². The maximum absolute atomic E-state index is 11.9. The van der Waals surface area contributed by atoms with Crippen LogP contribution in [0.2, 0.25) is 0 Å². The monoisotopic (exact) mass is 288 g/mol. The fourth-order valence-corrected chi connectivity index (χ4v) is 1.95. The minimum absolute atomic E-state index is 0.0950. The number of carbonyl (C=O) groups excluding carboxylic acids is 1. The maximum Gasteiger partial charge on any atom is 0.310 e. The van der Waals surface area contributed by atoms with Crippen LogP contribution in [-0.4, -0.2) is 59.8 Å². The topological polar surface area (TPSA) is 89.9 Å². The van der Waals surface area contributed by atoms with E-state index in [9.17, 15) is 19.8 Å². The van der Waals surface area contributed by atoms with Gasteiger partial charge in [-0.2, -0.15) is 0 Å². The summed E-state index contributed by atoms with van der Waals surface area (Å²) in [6, 6.07) is 0. The molecule has 0 radical (unpaired) electrons. The molecule has 0 aromatic rings. The van der Waals surface area contributed by atoms with E-state index in [-0.39, 0.29) is 24.8 Å². The minimum Gasteiger partial charge on any atom is -0.481 e. The van der Waals surface area contributed by atoms with Crippen LogP contribution in [0.3, 0.4) is 0 Å². The molecule has 0 aromatic carbocycles. The zero-order chi connectivity index (χ0) is 16.1. The van der Waals surface area contributed by atoms with Crippen LogP contribution < -0.4 is 5.32 Å². The van der Waals surface area contributed by atoms with E-state index in [2.05, 4.69) is 5.32 Å². The zero-order valence-electron chi connectivity index (χ0n) is 13.4. The fourth-order valence-electron chi connectivity index (χ4n) is 1.95. The molecule has 118 valence electrons. The van der Waals surface area contributed by atoms with Gasteiger partial charge in [0.2, 0.25) is 5.91 Å². The second-order valence-corrected chi connectivity index (χ2v) is 6.57. The van der Waals surface area contributed by atoms with Crippen molar-refractivity contribution in [3.63, 3.8) is 0 Å². The number of hydrogen-bond donors (Lipinski definition) is 3. The van der Waals surface area contributed by atoms with Crippen molar-refractivity contribution in [3.8, 4) is 0 Å². The van der Waals surface area contributed by atoms with Crippen LogP contribution in [0.1, 0.15) is 34.1 Å². The Hall–Kier alpha value is -1.14. The van der Waals surface area contributed by atoms with Crippen LogP contribution in [0.15, 0.2) is 0 Å². The van der Waals surface area contributed by atoms with E-state index in [4.69, 9.17) is 0 Å². The smallest absolute Gasteiger partial charge is 0.310 e. The summed E-state index contributed by atoms with van der Waals surface area (Å²) in [5.74, 6) is -1.50. The van der Waals surface area contributed by atoms with Crippen LogP contribution in [-0.2, 0) is 9.59 Å². The lowest BCUT2D eigenvalue weighted by molar-refractivity contribution is -0.153. The molecule has 20 heavy (non-hydrogen) atoms. The van der Waals surface area contributed by atoms with E-state index < -0.39 is 17.0 Å². The quantitative estimate of drug-likeness (QED) is 0.607. The fraction of sp³-hybridized carbons (Fsp3) is 0.857. The molecule has 2 atom stereocenters. The molecule has 0 saturated heterocycles. The summed E-state index contributed by atoms with van der Waals surface area (Å²) >= 11 is 0. The highest BCUT2D eigenvalue weighted by Crippen LogP contribution is 2.31. The first-order valence-corrected chi connectivity index (χ1v) is 6.78. The summed E-state index contributed by atoms with van der Waals surface area (Å²) in [6.07, 6.45) is -0.0992. The predicted octanol–water partition coefficient (Wildman–Crippen LogP) is 0.552. The van der Waals surface area contributed by atoms with Crippen LogP contribution in [0.5, 0.6) is 0 Å². The van der Waals surface area contributed by atoms with Gasteiger partial charge in [0.15, 0.2) is 0 Å². The van der Waals surface area contributed by atoms with Crippen molar-refractivity contribution in [1.29, 1.82) is 0 Å². The van der Waals surface area contributed by atoms with Crippen molar-refractivity contribution >= 4 is 11.9 Å². The summed E-state index contributed by atoms with van der Waals surface area (Å²) in [6.45, 7) is 7.27. The van der Waals surface area contributed by atoms with Crippen molar-refractivity contribution in [2.45, 2.75) is 39.7 Å². The summed E-state index contributed by atoms with van der Waals surface area (Å²) in [4.78, 5) is 25.0. The lowest BCUT2D eigenvalue weighted by Crippen LogP contribution is -2.48. The highest BCUT2D eigenvalue weighted by atomic mass is 16.4. The molecule has 0 fully saturated rings. The molecule has 0 heterocycles. The summed E-state index contributed by atoms with van der Waals surface area (Å²) in [5, 5.41) is 22.0. The number of nitrogens with one attached hydrogen (secondary N) is 1. The van der Waals surface area contributed by atoms with E-state index >= 15 is 0 Å². The van der Waals surface area contributed by atoms with Gasteiger partial charge in [-0.15, -0.1) is 0 Å². The first-order chi connectivity index (χ1) is 8.90. The van der Waals surface area contributed by atoms with Crippen LogP contribution in [0.25, 0.3) is 0 Å². The van der Waals surface area contributed by atoms with Gasteiger partial charge in [0.05, 0.1) is 11.0 Å². The van der Waals surface area contributed by atoms with E-state index in [1.54, 1.807) is 27.7 Å². The SMILES string of the molecule is CC(C)C(C)(CC(=O)NCC(C)(O)CN(C)C)C(=O)O. The number of hydrogen-bond acceptors (Lipinski definition) is 4. The Morgan fingerprint density at radius 2 is 1.75 bits per heavy atom. The Balaban J connectivity index is 4.53. The average Bonchev–Trinajstić information content (AvgIpc) is 2.24. The summed E-state index contributed by atoms with van der Waals surface area (Å²) in [7, 11) is 3.66. The maximum atomic E-state index is 11.9. The molecule has 0 spiro atoms. The molecule has 0 aliphatic rings. The van der Waals surface area contributed by atoms with Crippen LogP contribution in [0.4, 0.5) is 0 Å². The lowest BCUT2D eigenvalue weighted by Gasteiger charge is -2.30. The van der Waals surface area contributed by atoms with Crippen molar-refractivity contribution in [3.05, 3.63) is 0 Å². The highest BCUT2D eigenvalue weighted by Gasteiger charge is 2.39. The molecule has 2 unspecified atom stereocenters. The van der Waals surface area contributed by atoms with Gasteiger partial charge in [-0.3, -0.25) is 9.59 Å². The first kappa shape index (κ1) is 18.9. The highest BCUT2D eigenvalue weighted by molar-refractivity contribution is 5.84. The number of carbonyl (C=O) groups is 2. The van der Waals surface area contributed by atoms with E-state index in [1.165, 1.54) is 0 Å². The van der Waals surface area contributed by atoms with Gasteiger partial charge in [0.25, 0.3) is 0 Å². The van der Waals surface area contributed by atoms with E-state index in [0.717, 1.165) is 0 Å². The predicted molar refractivity (Wildman–Crippen MR) is 77.4 cm³/mol. The molecular formula is C14H28N2O4. The van der Waals surface area contributed by atoms with E-state index in [1.807, 2.05) is 19.0 Å². The van der Waals surface area contributed by atoms with E-state index in [0.29, 0.717) is 6.54 Å². The average molecular weight is 288 g/mol. The Morgan fingerprint density at radius 3 is 2.10 bits per heavy atom. The van der Waals surface area contributed by atoms with Gasteiger partial charge in [0.1, 0.15) is 0 Å². The van der Waals surface area contributed by atoms with Gasteiger partial charge in [-0.25, -0.2) is 0 Å². The minimum atomic E-state index is -1.10. The molecule has 1 amide bonds. The second-order valence-electron chi connectivity index (χ2n) is 6.57. The molecule has 6 nitrogen and oxygen atoms in total. The Morgan fingerprint density at radius 1 is 1.25 bits per heavy atom. The van der Waals surface area contributed by atoms with Gasteiger partial charge in [0, 0.05) is 19.5 Å². The molecule has 0 aliphatic heterocycles. The second kappa shape index (κ2) is 7.04. The number of likely N-dealkylation sites (N-methyl/N-ethyl adjacent to an activating group) is 1. The van der Waals surface area contributed by atoms with Gasteiger partial charge in [-0.1, -0.05) is 13.8 Å². The molecule has 0 aromatic heterocycles. The van der Waals surface area contributed by atoms with Crippen LogP contribution >= 0.6 is 0 Å². The zero-order valence-corrected chi connectivity index (χ0v) is 13.4. The van der Waals surface area contributed by atoms with Crippen molar-refractivity contribution < 1.29 is 19.8 Å². The van der Waals surface area contributed by atoms with Gasteiger partial charge in [-0.05, 0) is 33.9 Å². The molecule has 0 rings (SSSR count). The normalized spacial score (nSPS) is 17.6. The molecule has 6 heteroatoms. The Bertz CT molecular complexity index is 353. The third-order valence-electron chi connectivity index (χ3n) is 3.61. The lowest BCUT2D eigenvalue weighted by atomic mass is 9.76. The molecule has 3 N–H and O–H groups in total. The third-order valence-corrected chi connectivity index (χ3v) is 3.61. The number of aliphatic carboxylic acids is 1. The largest absolute Gasteiger partial charge is 0.481 e. The molecule has 0 bridgehead atoms. The van der Waals surface area contributed by atoms with Gasteiger partial charge >= 0.3 is 5.97 Å². The van der Waals surface area contributed by atoms with Crippen molar-refractivity contribution in [2.24, 2.45) is 11.3 Å². The molecular weight excluding hydrogens is 260 g/mol. The molecule has 0 aliphatic carbocycles. The number of aliphatic hydroxyl groups is 1. The Kier molecular flexibility index (Phi) is 6.64. The summed E-state index contributed by atoms with van der Waals surface area (Å²) < 4.78 is 0. The number of carboxylic acids is 1. The third kappa shape index (κ3) is 5.88. The van der Waals surface area contributed by atoms with Crippen molar-refractivity contribution in [1.82, 2.24) is 10.2 Å². The number of carboxylic acid groups (broad SMARTS) is 1. The number of amides is 1. The Labute approximate surface area is 121 Å². The number of nitrogens with zero attached hydrogens (tertiary/aromatic N) is 1. The molecule has 0 saturated carbocycles. The standard InChI is InChI=1S/C14H28N2O4/c1-10(2)14(4,12(18)19)7-11(17)15-8-13(3,20)9-16(5)6/h10,20H,7-9H2,1-6H3,(H,15,17)(H,18,19). The number of rotatable bonds is 8. The van der Waals surface area contributed by atoms with Crippen LogP contribution in [0, 0.1) is 11.3 Å².